The van der Waals surface area contributed by atoms with Gasteiger partial charge in [-0.15, -0.1) is 0 Å². The highest BCUT2D eigenvalue weighted by Gasteiger charge is 2.35. The van der Waals surface area contributed by atoms with Crippen LogP contribution in [0.1, 0.15) is 26.3 Å². The summed E-state index contributed by atoms with van der Waals surface area (Å²) in [4.78, 5) is 12.6. The van der Waals surface area contributed by atoms with Crippen molar-refractivity contribution in [1.82, 2.24) is 15.0 Å². The lowest BCUT2D eigenvalue weighted by Crippen LogP contribution is -2.43. The zero-order valence-electron chi connectivity index (χ0n) is 12.9. The Hall–Kier alpha value is -2.70. The molecule has 0 aliphatic rings. The molecule has 5 N–H and O–H groups in total. The van der Waals surface area contributed by atoms with Crippen LogP contribution in [0.3, 0.4) is 0 Å². The van der Waals surface area contributed by atoms with E-state index in [2.05, 4.69) is 20.1 Å². The minimum atomic E-state index is -0.604. The molecule has 22 heavy (non-hydrogen) atoms. The molecule has 1 atom stereocenters. The molecule has 0 aliphatic carbocycles. The van der Waals surface area contributed by atoms with Crippen LogP contribution in [-0.4, -0.2) is 26.0 Å². The number of rotatable bonds is 4. The van der Waals surface area contributed by atoms with E-state index >= 15 is 0 Å². The average molecular weight is 300 g/mol. The van der Waals surface area contributed by atoms with Crippen molar-refractivity contribution in [3.63, 3.8) is 0 Å². The highest BCUT2D eigenvalue weighted by molar-refractivity contribution is 5.91. The number of hydrogen-bond acceptors (Lipinski definition) is 6. The molecule has 0 saturated heterocycles. The van der Waals surface area contributed by atoms with Gasteiger partial charge in [0.25, 0.3) is 0 Å². The van der Waals surface area contributed by atoms with E-state index in [-0.39, 0.29) is 11.8 Å². The molecule has 0 unspecified atom stereocenters. The van der Waals surface area contributed by atoms with Crippen molar-refractivity contribution in [2.45, 2.75) is 26.2 Å². The zero-order valence-corrected chi connectivity index (χ0v) is 12.9. The SMILES string of the molecule is CC(C)[C@@](C)(C(N)=NO)c1ccc(-c2cnc(N)cn2)nc1. The summed E-state index contributed by atoms with van der Waals surface area (Å²) in [5.41, 5.74) is 13.0. The number of nitrogen functional groups attached to an aromatic ring is 1. The van der Waals surface area contributed by atoms with Gasteiger partial charge < -0.3 is 16.7 Å². The average Bonchev–Trinajstić information content (AvgIpc) is 2.54. The molecule has 0 bridgehead atoms. The maximum atomic E-state index is 9.05. The second-order valence-electron chi connectivity index (χ2n) is 5.60. The molecule has 0 radical (unpaired) electrons. The third-order valence-electron chi connectivity index (χ3n) is 4.09. The predicted octanol–water partition coefficient (Wildman–Crippen LogP) is 1.78. The Morgan fingerprint density at radius 2 is 1.82 bits per heavy atom. The van der Waals surface area contributed by atoms with E-state index in [4.69, 9.17) is 16.7 Å². The Labute approximate surface area is 129 Å². The van der Waals surface area contributed by atoms with E-state index in [9.17, 15) is 0 Å². The predicted molar refractivity (Wildman–Crippen MR) is 85.3 cm³/mol. The first-order chi connectivity index (χ1) is 10.4. The van der Waals surface area contributed by atoms with Gasteiger partial charge in [0.15, 0.2) is 0 Å². The van der Waals surface area contributed by atoms with Crippen molar-refractivity contribution in [1.29, 1.82) is 0 Å². The minimum Gasteiger partial charge on any atom is -0.409 e. The van der Waals surface area contributed by atoms with Crippen LogP contribution in [0.5, 0.6) is 0 Å². The van der Waals surface area contributed by atoms with Crippen molar-refractivity contribution in [3.05, 3.63) is 36.3 Å². The first kappa shape index (κ1) is 15.7. The smallest absolute Gasteiger partial charge is 0.149 e. The van der Waals surface area contributed by atoms with Gasteiger partial charge in [0.05, 0.1) is 23.5 Å². The second kappa shape index (κ2) is 5.97. The maximum absolute atomic E-state index is 9.05. The van der Waals surface area contributed by atoms with Crippen LogP contribution < -0.4 is 11.5 Å². The molecular weight excluding hydrogens is 280 g/mol. The number of anilines is 1. The Bertz CT molecular complexity index is 665. The first-order valence-electron chi connectivity index (χ1n) is 6.92. The molecule has 2 aromatic rings. The van der Waals surface area contributed by atoms with Crippen molar-refractivity contribution in [3.8, 4) is 11.4 Å². The van der Waals surface area contributed by atoms with Crippen LogP contribution in [0.4, 0.5) is 5.82 Å². The van der Waals surface area contributed by atoms with Crippen LogP contribution >= 0.6 is 0 Å². The van der Waals surface area contributed by atoms with Gasteiger partial charge in [-0.2, -0.15) is 0 Å². The van der Waals surface area contributed by atoms with Crippen molar-refractivity contribution in [2.24, 2.45) is 16.8 Å². The fourth-order valence-corrected chi connectivity index (χ4v) is 2.20. The van der Waals surface area contributed by atoms with E-state index in [0.717, 1.165) is 5.56 Å². The third-order valence-corrected chi connectivity index (χ3v) is 4.09. The van der Waals surface area contributed by atoms with Crippen LogP contribution in [0.15, 0.2) is 35.9 Å². The largest absolute Gasteiger partial charge is 0.409 e. The maximum Gasteiger partial charge on any atom is 0.149 e. The zero-order chi connectivity index (χ0) is 16.3. The topological polar surface area (TPSA) is 123 Å². The summed E-state index contributed by atoms with van der Waals surface area (Å²) in [6.07, 6.45) is 4.77. The lowest BCUT2D eigenvalue weighted by atomic mass is 9.73. The molecule has 0 aromatic carbocycles. The number of nitrogens with zero attached hydrogens (tertiary/aromatic N) is 4. The highest BCUT2D eigenvalue weighted by atomic mass is 16.4. The van der Waals surface area contributed by atoms with E-state index in [1.807, 2.05) is 32.9 Å². The van der Waals surface area contributed by atoms with Gasteiger partial charge in [0.1, 0.15) is 17.3 Å². The molecule has 116 valence electrons. The molecule has 2 rings (SSSR count). The van der Waals surface area contributed by atoms with Crippen molar-refractivity contribution < 1.29 is 5.21 Å². The summed E-state index contributed by atoms with van der Waals surface area (Å²) in [6.45, 7) is 5.95. The number of hydrogen-bond donors (Lipinski definition) is 3. The normalized spacial score (nSPS) is 14.8. The van der Waals surface area contributed by atoms with E-state index in [1.165, 1.54) is 6.20 Å². The minimum absolute atomic E-state index is 0.132. The summed E-state index contributed by atoms with van der Waals surface area (Å²) < 4.78 is 0. The van der Waals surface area contributed by atoms with E-state index in [1.54, 1.807) is 12.4 Å². The Morgan fingerprint density at radius 1 is 1.14 bits per heavy atom. The molecule has 0 saturated carbocycles. The second-order valence-corrected chi connectivity index (χ2v) is 5.60. The van der Waals surface area contributed by atoms with Crippen molar-refractivity contribution in [2.75, 3.05) is 5.73 Å². The van der Waals surface area contributed by atoms with Gasteiger partial charge in [0.2, 0.25) is 0 Å². The van der Waals surface area contributed by atoms with E-state index < -0.39 is 5.41 Å². The number of aromatic nitrogens is 3. The first-order valence-corrected chi connectivity index (χ1v) is 6.92. The number of amidine groups is 1. The monoisotopic (exact) mass is 300 g/mol. The number of nitrogens with two attached hydrogens (primary N) is 2. The summed E-state index contributed by atoms with van der Waals surface area (Å²) >= 11 is 0. The Kier molecular flexibility index (Phi) is 4.25. The van der Waals surface area contributed by atoms with Crippen LogP contribution in [0.25, 0.3) is 11.4 Å². The Morgan fingerprint density at radius 3 is 2.27 bits per heavy atom. The number of pyridine rings is 1. The molecule has 2 aromatic heterocycles. The van der Waals surface area contributed by atoms with Gasteiger partial charge >= 0.3 is 0 Å². The molecule has 7 nitrogen and oxygen atoms in total. The summed E-state index contributed by atoms with van der Waals surface area (Å²) in [5, 5.41) is 12.2. The molecule has 0 spiro atoms. The Balaban J connectivity index is 2.41. The van der Waals surface area contributed by atoms with Crippen LogP contribution in [0.2, 0.25) is 0 Å². The quantitative estimate of drug-likeness (QED) is 0.342. The third kappa shape index (κ3) is 2.69. The van der Waals surface area contributed by atoms with Gasteiger partial charge in [-0.3, -0.25) is 4.98 Å². The van der Waals surface area contributed by atoms with Gasteiger partial charge in [-0.25, -0.2) is 9.97 Å². The lowest BCUT2D eigenvalue weighted by molar-refractivity contribution is 0.306. The lowest BCUT2D eigenvalue weighted by Gasteiger charge is -2.32. The summed E-state index contributed by atoms with van der Waals surface area (Å²) in [5.74, 6) is 0.649. The fourth-order valence-electron chi connectivity index (χ4n) is 2.20. The molecule has 0 fully saturated rings. The van der Waals surface area contributed by atoms with Gasteiger partial charge in [-0.05, 0) is 24.5 Å². The van der Waals surface area contributed by atoms with Crippen molar-refractivity contribution >= 4 is 11.7 Å². The molecule has 0 aliphatic heterocycles. The van der Waals surface area contributed by atoms with Crippen LogP contribution in [0, 0.1) is 5.92 Å². The highest BCUT2D eigenvalue weighted by Crippen LogP contribution is 2.32. The van der Waals surface area contributed by atoms with Gasteiger partial charge in [-0.1, -0.05) is 25.1 Å². The van der Waals surface area contributed by atoms with Crippen LogP contribution in [-0.2, 0) is 5.41 Å². The molecule has 2 heterocycles. The fraction of sp³-hybridized carbons (Fsp3) is 0.333. The standard InChI is InChI=1S/C15H20N6O/c1-9(2)15(3,14(17)21-22)10-4-5-11(18-6-10)12-7-20-13(16)8-19-12/h4-9,22H,1-3H3,(H2,16,20)(H2,17,21)/t15-/m1/s1. The number of oxime groups is 1. The van der Waals surface area contributed by atoms with Gasteiger partial charge in [0, 0.05) is 6.20 Å². The van der Waals surface area contributed by atoms with E-state index in [0.29, 0.717) is 17.2 Å². The summed E-state index contributed by atoms with van der Waals surface area (Å²) in [7, 11) is 0. The molecule has 0 amide bonds. The summed E-state index contributed by atoms with van der Waals surface area (Å²) in [6, 6.07) is 3.74. The molecule has 7 heteroatoms. The molecular formula is C15H20N6O.